The minimum atomic E-state index is -0.275. The first-order valence-electron chi connectivity index (χ1n) is 6.98. The average Bonchev–Trinajstić information content (AvgIpc) is 2.82. The van der Waals surface area contributed by atoms with Crippen LogP contribution in [0.1, 0.15) is 18.1 Å². The minimum Gasteiger partial charge on any atom is -0.457 e. The maximum atomic E-state index is 12.9. The number of halogens is 1. The van der Waals surface area contributed by atoms with Crippen molar-refractivity contribution in [2.75, 3.05) is 32.8 Å². The molecule has 0 bridgehead atoms. The van der Waals surface area contributed by atoms with E-state index in [2.05, 4.69) is 4.90 Å². The van der Waals surface area contributed by atoms with E-state index in [0.717, 1.165) is 38.4 Å². The summed E-state index contributed by atoms with van der Waals surface area (Å²) in [5.41, 5.74) is 0.865. The Morgan fingerprint density at radius 3 is 2.60 bits per heavy atom. The smallest absolute Gasteiger partial charge is 0.311 e. The number of esters is 1. The van der Waals surface area contributed by atoms with E-state index >= 15 is 0 Å². The lowest BCUT2D eigenvalue weighted by Crippen LogP contribution is -2.40. The van der Waals surface area contributed by atoms with Gasteiger partial charge in [0.25, 0.3) is 0 Å². The highest BCUT2D eigenvalue weighted by Gasteiger charge is 2.36. The first kappa shape index (κ1) is 13.5. The molecule has 2 saturated heterocycles. The van der Waals surface area contributed by atoms with Crippen molar-refractivity contribution in [1.82, 2.24) is 4.90 Å². The molecule has 2 aliphatic heterocycles. The fourth-order valence-electron chi connectivity index (χ4n) is 2.77. The second-order valence-electron chi connectivity index (χ2n) is 5.32. The second kappa shape index (κ2) is 5.89. The van der Waals surface area contributed by atoms with Gasteiger partial charge in [-0.25, -0.2) is 4.39 Å². The average molecular weight is 279 g/mol. The molecule has 2 aliphatic rings. The van der Waals surface area contributed by atoms with Gasteiger partial charge in [0.1, 0.15) is 11.9 Å². The van der Waals surface area contributed by atoms with Crippen LogP contribution in [-0.4, -0.2) is 43.7 Å². The van der Waals surface area contributed by atoms with E-state index in [1.807, 2.05) is 0 Å². The Morgan fingerprint density at radius 1 is 1.20 bits per heavy atom. The molecule has 0 N–H and O–H groups in total. The summed E-state index contributed by atoms with van der Waals surface area (Å²) in [7, 11) is 0. The number of carbonyl (C=O) groups excluding carboxylic acids is 1. The van der Waals surface area contributed by atoms with E-state index in [1.54, 1.807) is 12.1 Å². The number of benzene rings is 1. The van der Waals surface area contributed by atoms with Crippen LogP contribution >= 0.6 is 0 Å². The highest BCUT2D eigenvalue weighted by molar-refractivity contribution is 5.75. The predicted molar refractivity (Wildman–Crippen MR) is 70.6 cm³/mol. The van der Waals surface area contributed by atoms with E-state index < -0.39 is 0 Å². The molecule has 0 aliphatic carbocycles. The van der Waals surface area contributed by atoms with Crippen LogP contribution in [0.3, 0.4) is 0 Å². The standard InChI is InChI=1S/C15H18FNO3/c16-13-3-1-11(2-4-13)14-9-12(15(18)20-14)10-17-5-7-19-8-6-17/h1-4,12,14H,5-10H2/t12-,14-/m0/s1. The molecule has 5 heteroatoms. The fourth-order valence-corrected chi connectivity index (χ4v) is 2.77. The molecule has 0 spiro atoms. The molecule has 0 unspecified atom stereocenters. The Labute approximate surface area is 117 Å². The lowest BCUT2D eigenvalue weighted by molar-refractivity contribution is -0.145. The van der Waals surface area contributed by atoms with Crippen LogP contribution in [0.25, 0.3) is 0 Å². The molecule has 2 atom stereocenters. The maximum Gasteiger partial charge on any atom is 0.311 e. The largest absolute Gasteiger partial charge is 0.457 e. The molecule has 1 aromatic carbocycles. The van der Waals surface area contributed by atoms with E-state index in [1.165, 1.54) is 12.1 Å². The number of hydrogen-bond donors (Lipinski definition) is 0. The third-order valence-corrected chi connectivity index (χ3v) is 3.91. The number of nitrogens with zero attached hydrogens (tertiary/aromatic N) is 1. The summed E-state index contributed by atoms with van der Waals surface area (Å²) < 4.78 is 23.6. The van der Waals surface area contributed by atoms with E-state index in [4.69, 9.17) is 9.47 Å². The van der Waals surface area contributed by atoms with Crippen molar-refractivity contribution in [2.45, 2.75) is 12.5 Å². The Kier molecular flexibility index (Phi) is 3.98. The van der Waals surface area contributed by atoms with Crippen LogP contribution in [0.15, 0.2) is 24.3 Å². The van der Waals surface area contributed by atoms with Gasteiger partial charge < -0.3 is 9.47 Å². The topological polar surface area (TPSA) is 38.8 Å². The zero-order chi connectivity index (χ0) is 13.9. The Hall–Kier alpha value is -1.46. The SMILES string of the molecule is O=C1O[C@H](c2ccc(F)cc2)C[C@H]1CN1CCOCC1. The normalized spacial score (nSPS) is 27.6. The van der Waals surface area contributed by atoms with Crippen molar-refractivity contribution in [1.29, 1.82) is 0 Å². The van der Waals surface area contributed by atoms with Gasteiger partial charge in [0.15, 0.2) is 0 Å². The molecule has 1 aromatic rings. The first-order chi connectivity index (χ1) is 9.72. The number of rotatable bonds is 3. The zero-order valence-electron chi connectivity index (χ0n) is 11.3. The number of carbonyl (C=O) groups is 1. The van der Waals surface area contributed by atoms with E-state index in [-0.39, 0.29) is 23.8 Å². The molecule has 3 rings (SSSR count). The van der Waals surface area contributed by atoms with Crippen LogP contribution in [-0.2, 0) is 14.3 Å². The molecule has 20 heavy (non-hydrogen) atoms. The second-order valence-corrected chi connectivity index (χ2v) is 5.32. The Morgan fingerprint density at radius 2 is 1.90 bits per heavy atom. The molecule has 0 aromatic heterocycles. The van der Waals surface area contributed by atoms with Crippen LogP contribution in [0.5, 0.6) is 0 Å². The summed E-state index contributed by atoms with van der Waals surface area (Å²) >= 11 is 0. The summed E-state index contributed by atoms with van der Waals surface area (Å²) in [6.07, 6.45) is 0.427. The van der Waals surface area contributed by atoms with Crippen molar-refractivity contribution in [2.24, 2.45) is 5.92 Å². The van der Waals surface area contributed by atoms with Gasteiger partial charge in [-0.1, -0.05) is 12.1 Å². The van der Waals surface area contributed by atoms with Gasteiger partial charge in [-0.15, -0.1) is 0 Å². The van der Waals surface area contributed by atoms with E-state index in [9.17, 15) is 9.18 Å². The van der Waals surface area contributed by atoms with Crippen molar-refractivity contribution >= 4 is 5.97 Å². The first-order valence-corrected chi connectivity index (χ1v) is 6.98. The van der Waals surface area contributed by atoms with Crippen LogP contribution in [0, 0.1) is 11.7 Å². The Bertz CT molecular complexity index is 471. The van der Waals surface area contributed by atoms with Crippen molar-refractivity contribution in [3.05, 3.63) is 35.6 Å². The van der Waals surface area contributed by atoms with Crippen LogP contribution in [0.4, 0.5) is 4.39 Å². The third kappa shape index (κ3) is 2.99. The van der Waals surface area contributed by atoms with Gasteiger partial charge in [-0.05, 0) is 17.7 Å². The number of cyclic esters (lactones) is 1. The quantitative estimate of drug-likeness (QED) is 0.790. The lowest BCUT2D eigenvalue weighted by Gasteiger charge is -2.27. The summed E-state index contributed by atoms with van der Waals surface area (Å²) in [4.78, 5) is 14.2. The Balaban J connectivity index is 1.61. The zero-order valence-corrected chi connectivity index (χ0v) is 11.3. The summed E-state index contributed by atoms with van der Waals surface area (Å²) in [5.74, 6) is -0.517. The van der Waals surface area contributed by atoms with Gasteiger partial charge >= 0.3 is 5.97 Å². The molecule has 108 valence electrons. The molecular weight excluding hydrogens is 261 g/mol. The number of morpholine rings is 1. The minimum absolute atomic E-state index is 0.0943. The molecule has 0 saturated carbocycles. The predicted octanol–water partition coefficient (Wildman–Crippen LogP) is 1.76. The molecule has 0 radical (unpaired) electrons. The molecule has 2 heterocycles. The summed E-state index contributed by atoms with van der Waals surface area (Å²) in [5, 5.41) is 0. The van der Waals surface area contributed by atoms with Gasteiger partial charge in [0.2, 0.25) is 0 Å². The van der Waals surface area contributed by atoms with Gasteiger partial charge in [-0.2, -0.15) is 0 Å². The summed E-state index contributed by atoms with van der Waals surface area (Å²) in [6, 6.07) is 6.17. The highest BCUT2D eigenvalue weighted by atomic mass is 19.1. The summed E-state index contributed by atoms with van der Waals surface area (Å²) in [6.45, 7) is 3.90. The van der Waals surface area contributed by atoms with E-state index in [0.29, 0.717) is 6.42 Å². The molecule has 0 amide bonds. The monoisotopic (exact) mass is 279 g/mol. The molecule has 2 fully saturated rings. The van der Waals surface area contributed by atoms with Gasteiger partial charge in [-0.3, -0.25) is 9.69 Å². The number of hydrogen-bond acceptors (Lipinski definition) is 4. The van der Waals surface area contributed by atoms with Crippen molar-refractivity contribution in [3.63, 3.8) is 0 Å². The van der Waals surface area contributed by atoms with Gasteiger partial charge in [0, 0.05) is 26.1 Å². The maximum absolute atomic E-state index is 12.9. The van der Waals surface area contributed by atoms with Crippen molar-refractivity contribution in [3.8, 4) is 0 Å². The highest BCUT2D eigenvalue weighted by Crippen LogP contribution is 2.34. The fraction of sp³-hybridized carbons (Fsp3) is 0.533. The molecule has 4 nitrogen and oxygen atoms in total. The lowest BCUT2D eigenvalue weighted by atomic mass is 9.99. The third-order valence-electron chi connectivity index (χ3n) is 3.91. The molecular formula is C15H18FNO3. The van der Waals surface area contributed by atoms with Crippen LogP contribution < -0.4 is 0 Å². The van der Waals surface area contributed by atoms with Crippen LogP contribution in [0.2, 0.25) is 0 Å². The van der Waals surface area contributed by atoms with Crippen molar-refractivity contribution < 1.29 is 18.7 Å². The van der Waals surface area contributed by atoms with Gasteiger partial charge in [0.05, 0.1) is 19.1 Å². The number of ether oxygens (including phenoxy) is 2.